The van der Waals surface area contributed by atoms with Gasteiger partial charge in [-0.15, -0.1) is 23.1 Å². The summed E-state index contributed by atoms with van der Waals surface area (Å²) in [7, 11) is 0. The van der Waals surface area contributed by atoms with Gasteiger partial charge in [-0.3, -0.25) is 10.1 Å². The van der Waals surface area contributed by atoms with Crippen molar-refractivity contribution in [1.82, 2.24) is 15.0 Å². The maximum absolute atomic E-state index is 13.0. The molecule has 4 rings (SSSR count). The number of carbonyl (C=O) groups is 1. The van der Waals surface area contributed by atoms with Gasteiger partial charge < -0.3 is 4.42 Å². The van der Waals surface area contributed by atoms with Gasteiger partial charge in [0.05, 0.1) is 23.2 Å². The number of furan rings is 1. The van der Waals surface area contributed by atoms with Crippen LogP contribution in [0.5, 0.6) is 0 Å². The number of thiazole rings is 1. The SMILES string of the molecule is CSc1nc(-c2ccco2)nc(C)c1C(=O)Nc1nc(-c2ccc(C)c(C)c2)cs1. The van der Waals surface area contributed by atoms with Crippen LogP contribution in [-0.2, 0) is 0 Å². The van der Waals surface area contributed by atoms with Gasteiger partial charge in [0, 0.05) is 10.9 Å². The molecule has 0 bridgehead atoms. The number of thioether (sulfide) groups is 1. The van der Waals surface area contributed by atoms with Crippen molar-refractivity contribution in [2.45, 2.75) is 25.8 Å². The minimum Gasteiger partial charge on any atom is -0.461 e. The lowest BCUT2D eigenvalue weighted by Gasteiger charge is -2.10. The van der Waals surface area contributed by atoms with E-state index in [0.29, 0.717) is 33.0 Å². The Morgan fingerprint density at radius 2 is 1.93 bits per heavy atom. The van der Waals surface area contributed by atoms with Gasteiger partial charge in [-0.05, 0) is 56.4 Å². The van der Waals surface area contributed by atoms with Crippen LogP contribution in [0, 0.1) is 20.8 Å². The normalized spacial score (nSPS) is 10.9. The van der Waals surface area contributed by atoms with E-state index >= 15 is 0 Å². The number of nitrogens with one attached hydrogen (secondary N) is 1. The smallest absolute Gasteiger partial charge is 0.262 e. The zero-order chi connectivity index (χ0) is 21.3. The predicted octanol–water partition coefficient (Wildman–Crippen LogP) is 5.76. The molecule has 152 valence electrons. The van der Waals surface area contributed by atoms with Crippen molar-refractivity contribution in [3.05, 3.63) is 64.4 Å². The quantitative estimate of drug-likeness (QED) is 0.316. The first-order valence-electron chi connectivity index (χ1n) is 9.27. The number of aromatic nitrogens is 3. The van der Waals surface area contributed by atoms with E-state index < -0.39 is 0 Å². The molecule has 0 aliphatic heterocycles. The first kappa shape index (κ1) is 20.3. The second-order valence-electron chi connectivity index (χ2n) is 6.79. The van der Waals surface area contributed by atoms with Crippen LogP contribution in [0.4, 0.5) is 5.13 Å². The Bertz CT molecular complexity index is 1220. The summed E-state index contributed by atoms with van der Waals surface area (Å²) in [6, 6.07) is 9.80. The summed E-state index contributed by atoms with van der Waals surface area (Å²) in [4.78, 5) is 26.5. The summed E-state index contributed by atoms with van der Waals surface area (Å²) in [5.74, 6) is 0.756. The van der Waals surface area contributed by atoms with Crippen molar-refractivity contribution >= 4 is 34.1 Å². The van der Waals surface area contributed by atoms with Gasteiger partial charge in [0.1, 0.15) is 5.03 Å². The topological polar surface area (TPSA) is 80.9 Å². The summed E-state index contributed by atoms with van der Waals surface area (Å²) in [6.45, 7) is 5.95. The van der Waals surface area contributed by atoms with Crippen LogP contribution in [-0.4, -0.2) is 27.1 Å². The van der Waals surface area contributed by atoms with Crippen molar-refractivity contribution in [2.75, 3.05) is 11.6 Å². The van der Waals surface area contributed by atoms with Crippen molar-refractivity contribution in [3.8, 4) is 22.8 Å². The van der Waals surface area contributed by atoms with Crippen molar-refractivity contribution in [2.24, 2.45) is 0 Å². The van der Waals surface area contributed by atoms with Gasteiger partial charge >= 0.3 is 0 Å². The van der Waals surface area contributed by atoms with Crippen LogP contribution >= 0.6 is 23.1 Å². The van der Waals surface area contributed by atoms with E-state index in [4.69, 9.17) is 4.42 Å². The van der Waals surface area contributed by atoms with Crippen molar-refractivity contribution in [1.29, 1.82) is 0 Å². The maximum Gasteiger partial charge on any atom is 0.262 e. The number of hydrogen-bond donors (Lipinski definition) is 1. The highest BCUT2D eigenvalue weighted by Gasteiger charge is 2.21. The molecule has 0 fully saturated rings. The lowest BCUT2D eigenvalue weighted by molar-refractivity contribution is 0.102. The van der Waals surface area contributed by atoms with Gasteiger partial charge in [-0.1, -0.05) is 12.1 Å². The monoisotopic (exact) mass is 436 g/mol. The van der Waals surface area contributed by atoms with E-state index in [1.165, 1.54) is 34.2 Å². The van der Waals surface area contributed by atoms with Crippen LogP contribution in [0.1, 0.15) is 27.2 Å². The molecule has 1 amide bonds. The largest absolute Gasteiger partial charge is 0.461 e. The molecule has 0 aliphatic carbocycles. The number of hydrogen-bond acceptors (Lipinski definition) is 7. The van der Waals surface area contributed by atoms with E-state index in [0.717, 1.165) is 11.3 Å². The first-order chi connectivity index (χ1) is 14.5. The summed E-state index contributed by atoms with van der Waals surface area (Å²) in [5.41, 5.74) is 5.34. The Morgan fingerprint density at radius 1 is 1.10 bits per heavy atom. The van der Waals surface area contributed by atoms with Crippen LogP contribution in [0.15, 0.2) is 51.4 Å². The number of rotatable bonds is 5. The molecule has 6 nitrogen and oxygen atoms in total. The molecule has 3 heterocycles. The number of nitrogens with zero attached hydrogens (tertiary/aromatic N) is 3. The van der Waals surface area contributed by atoms with E-state index in [2.05, 4.69) is 46.2 Å². The minimum absolute atomic E-state index is 0.274. The first-order valence-corrected chi connectivity index (χ1v) is 11.4. The Morgan fingerprint density at radius 3 is 2.63 bits per heavy atom. The molecule has 0 radical (unpaired) electrons. The summed E-state index contributed by atoms with van der Waals surface area (Å²) in [6.07, 6.45) is 3.45. The van der Waals surface area contributed by atoms with Crippen molar-refractivity contribution in [3.63, 3.8) is 0 Å². The highest BCUT2D eigenvalue weighted by molar-refractivity contribution is 7.98. The lowest BCUT2D eigenvalue weighted by Crippen LogP contribution is -2.16. The standard InChI is InChI=1S/C22H20N4O2S2/c1-12-7-8-15(10-13(12)2)16-11-30-22(24-16)26-20(27)18-14(3)23-19(25-21(18)29-4)17-6-5-9-28-17/h5-11H,1-4H3,(H,24,26,27). The fourth-order valence-corrected chi connectivity index (χ4v) is 4.33. The van der Waals surface area contributed by atoms with E-state index in [1.54, 1.807) is 25.3 Å². The molecule has 4 aromatic rings. The number of anilines is 1. The Balaban J connectivity index is 1.60. The molecular formula is C22H20N4O2S2. The van der Waals surface area contributed by atoms with Gasteiger partial charge in [0.15, 0.2) is 16.7 Å². The molecule has 0 aliphatic rings. The minimum atomic E-state index is -0.274. The van der Waals surface area contributed by atoms with E-state index in [9.17, 15) is 4.79 Å². The Hall–Kier alpha value is -2.97. The van der Waals surface area contributed by atoms with Crippen LogP contribution in [0.25, 0.3) is 22.8 Å². The average Bonchev–Trinajstić information content (AvgIpc) is 3.41. The van der Waals surface area contributed by atoms with E-state index in [-0.39, 0.29) is 5.91 Å². The zero-order valence-corrected chi connectivity index (χ0v) is 18.6. The second-order valence-corrected chi connectivity index (χ2v) is 8.44. The van der Waals surface area contributed by atoms with Gasteiger partial charge in [0.2, 0.25) is 0 Å². The number of carbonyl (C=O) groups excluding carboxylic acids is 1. The molecule has 0 saturated carbocycles. The molecule has 1 aromatic carbocycles. The predicted molar refractivity (Wildman–Crippen MR) is 121 cm³/mol. The fourth-order valence-electron chi connectivity index (χ4n) is 3.00. The Kier molecular flexibility index (Phi) is 5.69. The maximum atomic E-state index is 13.0. The lowest BCUT2D eigenvalue weighted by atomic mass is 10.1. The summed E-state index contributed by atoms with van der Waals surface area (Å²) >= 11 is 2.79. The summed E-state index contributed by atoms with van der Waals surface area (Å²) < 4.78 is 5.39. The van der Waals surface area contributed by atoms with Gasteiger partial charge in [0.25, 0.3) is 5.91 Å². The molecule has 30 heavy (non-hydrogen) atoms. The zero-order valence-electron chi connectivity index (χ0n) is 17.0. The second kappa shape index (κ2) is 8.41. The Labute approximate surface area is 182 Å². The van der Waals surface area contributed by atoms with Crippen molar-refractivity contribution < 1.29 is 9.21 Å². The third kappa shape index (κ3) is 4.01. The van der Waals surface area contributed by atoms with Crippen LogP contribution < -0.4 is 5.32 Å². The molecule has 0 atom stereocenters. The average molecular weight is 437 g/mol. The molecule has 1 N–H and O–H groups in total. The molecular weight excluding hydrogens is 416 g/mol. The number of aryl methyl sites for hydroxylation is 3. The van der Waals surface area contributed by atoms with Crippen LogP contribution in [0.2, 0.25) is 0 Å². The summed E-state index contributed by atoms with van der Waals surface area (Å²) in [5, 5.41) is 5.97. The third-order valence-corrected chi connectivity index (χ3v) is 6.19. The van der Waals surface area contributed by atoms with Crippen LogP contribution in [0.3, 0.4) is 0 Å². The highest BCUT2D eigenvalue weighted by atomic mass is 32.2. The fraction of sp³-hybridized carbons (Fsp3) is 0.182. The van der Waals surface area contributed by atoms with E-state index in [1.807, 2.05) is 17.7 Å². The third-order valence-electron chi connectivity index (χ3n) is 4.75. The number of amides is 1. The molecule has 8 heteroatoms. The molecule has 0 unspecified atom stereocenters. The molecule has 0 spiro atoms. The van der Waals surface area contributed by atoms with Gasteiger partial charge in [-0.25, -0.2) is 15.0 Å². The molecule has 3 aromatic heterocycles. The number of benzene rings is 1. The van der Waals surface area contributed by atoms with Gasteiger partial charge in [-0.2, -0.15) is 0 Å². The molecule has 0 saturated heterocycles. The highest BCUT2D eigenvalue weighted by Crippen LogP contribution is 2.29.